The van der Waals surface area contributed by atoms with Gasteiger partial charge in [0.2, 0.25) is 0 Å². The average Bonchev–Trinajstić information content (AvgIpc) is 2.88. The first-order valence-electron chi connectivity index (χ1n) is 7.77. The monoisotopic (exact) mass is 295 g/mol. The summed E-state index contributed by atoms with van der Waals surface area (Å²) >= 11 is 6.13. The normalized spacial score (nSPS) is 20.7. The summed E-state index contributed by atoms with van der Waals surface area (Å²) in [5.74, 6) is 0. The Morgan fingerprint density at radius 1 is 1.15 bits per heavy atom. The van der Waals surface area contributed by atoms with Crippen molar-refractivity contribution < 1.29 is 4.74 Å². The van der Waals surface area contributed by atoms with Gasteiger partial charge < -0.3 is 9.64 Å². The van der Waals surface area contributed by atoms with E-state index in [0.717, 1.165) is 31.3 Å². The highest BCUT2D eigenvalue weighted by Crippen LogP contribution is 2.42. The molecule has 2 fully saturated rings. The molecule has 0 N–H and O–H groups in total. The van der Waals surface area contributed by atoms with Crippen LogP contribution in [0.15, 0.2) is 18.2 Å². The van der Waals surface area contributed by atoms with Crippen LogP contribution in [0.3, 0.4) is 0 Å². The van der Waals surface area contributed by atoms with E-state index in [1.165, 1.54) is 30.5 Å². The third kappa shape index (κ3) is 3.29. The molecule has 2 aliphatic rings. The van der Waals surface area contributed by atoms with Gasteiger partial charge in [0.1, 0.15) is 0 Å². The minimum atomic E-state index is 0.493. The molecule has 0 bridgehead atoms. The standard InChI is InChI=1S/C15H20ClNO.C2H6/c1-12-2-3-13(16)10-14(12)17-7-4-15(11-17)5-8-18-9-6-15;1-2/h2-3,10H,4-9,11H2,1H3;1-2H3. The number of benzene rings is 1. The lowest BCUT2D eigenvalue weighted by Crippen LogP contribution is -2.33. The van der Waals surface area contributed by atoms with E-state index in [9.17, 15) is 0 Å². The molecule has 112 valence electrons. The van der Waals surface area contributed by atoms with Gasteiger partial charge in [-0.3, -0.25) is 0 Å². The Bertz CT molecular complexity index is 441. The highest BCUT2D eigenvalue weighted by Gasteiger charge is 2.39. The predicted octanol–water partition coefficient (Wildman–Crippen LogP) is 4.68. The Morgan fingerprint density at radius 2 is 1.85 bits per heavy atom. The first-order valence-corrected chi connectivity index (χ1v) is 8.15. The lowest BCUT2D eigenvalue weighted by Gasteiger charge is -2.33. The molecule has 3 heteroatoms. The van der Waals surface area contributed by atoms with Gasteiger partial charge >= 0.3 is 0 Å². The van der Waals surface area contributed by atoms with Crippen molar-refractivity contribution >= 4 is 17.3 Å². The molecule has 0 aromatic heterocycles. The molecule has 2 aliphatic heterocycles. The van der Waals surface area contributed by atoms with Gasteiger partial charge in [-0.15, -0.1) is 0 Å². The van der Waals surface area contributed by atoms with Crippen molar-refractivity contribution in [3.05, 3.63) is 28.8 Å². The van der Waals surface area contributed by atoms with E-state index >= 15 is 0 Å². The van der Waals surface area contributed by atoms with Gasteiger partial charge in [0.25, 0.3) is 0 Å². The molecule has 0 amide bonds. The summed E-state index contributed by atoms with van der Waals surface area (Å²) in [7, 11) is 0. The maximum atomic E-state index is 6.13. The smallest absolute Gasteiger partial charge is 0.0472 e. The van der Waals surface area contributed by atoms with Gasteiger partial charge in [-0.1, -0.05) is 31.5 Å². The van der Waals surface area contributed by atoms with E-state index in [4.69, 9.17) is 16.3 Å². The zero-order chi connectivity index (χ0) is 14.6. The van der Waals surface area contributed by atoms with Gasteiger partial charge in [0.05, 0.1) is 0 Å². The summed E-state index contributed by atoms with van der Waals surface area (Å²) in [6, 6.07) is 6.20. The van der Waals surface area contributed by atoms with E-state index in [1.54, 1.807) is 0 Å². The number of hydrogen-bond donors (Lipinski definition) is 0. The van der Waals surface area contributed by atoms with Crippen LogP contribution in [0.5, 0.6) is 0 Å². The molecule has 0 atom stereocenters. The number of halogens is 1. The van der Waals surface area contributed by atoms with Crippen molar-refractivity contribution in [2.75, 3.05) is 31.2 Å². The zero-order valence-electron chi connectivity index (χ0n) is 12.9. The average molecular weight is 296 g/mol. The molecule has 0 radical (unpaired) electrons. The minimum absolute atomic E-state index is 0.493. The Labute approximate surface area is 128 Å². The van der Waals surface area contributed by atoms with Gasteiger partial charge in [0.15, 0.2) is 0 Å². The number of ether oxygens (including phenoxy) is 1. The number of aryl methyl sites for hydroxylation is 1. The van der Waals surface area contributed by atoms with Crippen LogP contribution in [0.2, 0.25) is 5.02 Å². The molecule has 1 aromatic rings. The molecular weight excluding hydrogens is 270 g/mol. The minimum Gasteiger partial charge on any atom is -0.381 e. The van der Waals surface area contributed by atoms with Crippen LogP contribution < -0.4 is 4.90 Å². The van der Waals surface area contributed by atoms with E-state index in [0.29, 0.717) is 5.41 Å². The fourth-order valence-corrected chi connectivity index (χ4v) is 3.44. The van der Waals surface area contributed by atoms with Crippen LogP contribution >= 0.6 is 11.6 Å². The van der Waals surface area contributed by atoms with Gasteiger partial charge in [-0.05, 0) is 49.3 Å². The lowest BCUT2D eigenvalue weighted by atomic mass is 9.80. The zero-order valence-corrected chi connectivity index (χ0v) is 13.7. The van der Waals surface area contributed by atoms with Crippen molar-refractivity contribution in [1.82, 2.24) is 0 Å². The van der Waals surface area contributed by atoms with Crippen LogP contribution in [0.4, 0.5) is 5.69 Å². The van der Waals surface area contributed by atoms with Crippen molar-refractivity contribution in [1.29, 1.82) is 0 Å². The number of hydrogen-bond acceptors (Lipinski definition) is 2. The summed E-state index contributed by atoms with van der Waals surface area (Å²) in [4.78, 5) is 2.51. The van der Waals surface area contributed by atoms with Crippen LogP contribution in [-0.4, -0.2) is 26.3 Å². The van der Waals surface area contributed by atoms with Gasteiger partial charge in [-0.2, -0.15) is 0 Å². The summed E-state index contributed by atoms with van der Waals surface area (Å²) in [5, 5.41) is 0.837. The number of nitrogens with zero attached hydrogens (tertiary/aromatic N) is 1. The maximum Gasteiger partial charge on any atom is 0.0472 e. The molecule has 1 spiro atoms. The quantitative estimate of drug-likeness (QED) is 0.746. The van der Waals surface area contributed by atoms with E-state index in [-0.39, 0.29) is 0 Å². The van der Waals surface area contributed by atoms with E-state index in [2.05, 4.69) is 24.0 Å². The van der Waals surface area contributed by atoms with E-state index < -0.39 is 0 Å². The van der Waals surface area contributed by atoms with Crippen molar-refractivity contribution in [2.24, 2.45) is 5.41 Å². The second kappa shape index (κ2) is 6.82. The highest BCUT2D eigenvalue weighted by molar-refractivity contribution is 6.30. The largest absolute Gasteiger partial charge is 0.381 e. The molecule has 1 aromatic carbocycles. The molecule has 3 rings (SSSR count). The Balaban J connectivity index is 0.000000704. The van der Waals surface area contributed by atoms with Crippen molar-refractivity contribution in [3.63, 3.8) is 0 Å². The molecule has 2 heterocycles. The number of anilines is 1. The van der Waals surface area contributed by atoms with Crippen LogP contribution in [0.25, 0.3) is 0 Å². The van der Waals surface area contributed by atoms with Gasteiger partial charge in [0, 0.05) is 37.0 Å². The Hall–Kier alpha value is -0.730. The second-order valence-electron chi connectivity index (χ2n) is 5.71. The molecule has 20 heavy (non-hydrogen) atoms. The summed E-state index contributed by atoms with van der Waals surface area (Å²) in [6.45, 7) is 10.4. The van der Waals surface area contributed by atoms with Crippen molar-refractivity contribution in [3.8, 4) is 0 Å². The molecule has 2 nitrogen and oxygen atoms in total. The summed E-state index contributed by atoms with van der Waals surface area (Å²) < 4.78 is 5.50. The molecule has 0 saturated carbocycles. The Kier molecular flexibility index (Phi) is 5.34. The molecular formula is C17H26ClNO. The third-order valence-electron chi connectivity index (χ3n) is 4.50. The van der Waals surface area contributed by atoms with Gasteiger partial charge in [-0.25, -0.2) is 0 Å². The van der Waals surface area contributed by atoms with Crippen LogP contribution in [0.1, 0.15) is 38.7 Å². The first-order chi connectivity index (χ1) is 9.69. The topological polar surface area (TPSA) is 12.5 Å². The first kappa shape index (κ1) is 15.7. The highest BCUT2D eigenvalue weighted by atomic mass is 35.5. The predicted molar refractivity (Wildman–Crippen MR) is 86.9 cm³/mol. The fourth-order valence-electron chi connectivity index (χ4n) is 3.28. The van der Waals surface area contributed by atoms with Crippen LogP contribution in [0, 0.1) is 12.3 Å². The SMILES string of the molecule is CC.Cc1ccc(Cl)cc1N1CCC2(CCOCC2)C1. The lowest BCUT2D eigenvalue weighted by molar-refractivity contribution is 0.0254. The number of rotatable bonds is 1. The molecule has 2 saturated heterocycles. The maximum absolute atomic E-state index is 6.13. The third-order valence-corrected chi connectivity index (χ3v) is 4.74. The van der Waals surface area contributed by atoms with Crippen molar-refractivity contribution in [2.45, 2.75) is 40.0 Å². The second-order valence-corrected chi connectivity index (χ2v) is 6.15. The molecule has 0 aliphatic carbocycles. The summed E-state index contributed by atoms with van der Waals surface area (Å²) in [5.41, 5.74) is 3.13. The fraction of sp³-hybridized carbons (Fsp3) is 0.647. The Morgan fingerprint density at radius 3 is 2.55 bits per heavy atom. The molecule has 0 unspecified atom stereocenters. The van der Waals surface area contributed by atoms with E-state index in [1.807, 2.05) is 19.9 Å². The summed E-state index contributed by atoms with van der Waals surface area (Å²) in [6.07, 6.45) is 3.72. The van der Waals surface area contributed by atoms with Crippen LogP contribution in [-0.2, 0) is 4.74 Å².